The van der Waals surface area contributed by atoms with Crippen LogP contribution in [-0.4, -0.2) is 85.0 Å². The van der Waals surface area contributed by atoms with Gasteiger partial charge < -0.3 is 19.9 Å². The van der Waals surface area contributed by atoms with Crippen LogP contribution in [0.25, 0.3) is 0 Å². The highest BCUT2D eigenvalue weighted by atomic mass is 35.5. The van der Waals surface area contributed by atoms with Gasteiger partial charge >= 0.3 is 0 Å². The molecule has 3 aromatic rings. The lowest BCUT2D eigenvalue weighted by Gasteiger charge is -2.33. The molecule has 1 aliphatic rings. The molecule has 4 rings (SSSR count). The Morgan fingerprint density at radius 3 is 2.55 bits per heavy atom. The third kappa shape index (κ3) is 8.57. The summed E-state index contributed by atoms with van der Waals surface area (Å²) in [4.78, 5) is 41.5. The number of piperazine rings is 1. The molecule has 0 unspecified atom stereocenters. The number of hydrogen-bond acceptors (Lipinski definition) is 7. The van der Waals surface area contributed by atoms with E-state index in [0.717, 1.165) is 50.3 Å². The van der Waals surface area contributed by atoms with Crippen LogP contribution < -0.4 is 15.0 Å². The molecule has 2 heterocycles. The summed E-state index contributed by atoms with van der Waals surface area (Å²) in [7, 11) is 3.68. The number of amides is 2. The van der Waals surface area contributed by atoms with E-state index in [9.17, 15) is 9.59 Å². The predicted molar refractivity (Wildman–Crippen MR) is 177 cm³/mol. The lowest BCUT2D eigenvalue weighted by atomic mass is 10.0. The number of nitrogens with one attached hydrogen (secondary N) is 1. The molecule has 0 bridgehead atoms. The smallest absolute Gasteiger partial charge is 0.247 e. The number of benzene rings is 2. The highest BCUT2D eigenvalue weighted by Gasteiger charge is 2.24. The number of rotatable bonds is 13. The Morgan fingerprint density at radius 2 is 1.84 bits per heavy atom. The maximum atomic E-state index is 14.1. The van der Waals surface area contributed by atoms with Gasteiger partial charge in [-0.15, -0.1) is 0 Å². The van der Waals surface area contributed by atoms with Gasteiger partial charge in [-0.1, -0.05) is 54.9 Å². The Hall–Kier alpha value is -3.50. The van der Waals surface area contributed by atoms with Crippen LogP contribution in [0.3, 0.4) is 0 Å². The predicted octanol–water partition coefficient (Wildman–Crippen LogP) is 5.28. The minimum Gasteiger partial charge on any atom is -0.495 e. The van der Waals surface area contributed by atoms with Crippen LogP contribution in [-0.2, 0) is 28.9 Å². The van der Waals surface area contributed by atoms with Gasteiger partial charge in [-0.3, -0.25) is 14.5 Å². The highest BCUT2D eigenvalue weighted by molar-refractivity contribution is 6.37. The van der Waals surface area contributed by atoms with Crippen molar-refractivity contribution in [1.82, 2.24) is 19.8 Å². The first-order chi connectivity index (χ1) is 21.2. The number of aromatic nitrogens is 2. The van der Waals surface area contributed by atoms with E-state index in [4.69, 9.17) is 27.9 Å². The fraction of sp³-hybridized carbons (Fsp3) is 0.394. The lowest BCUT2D eigenvalue weighted by molar-refractivity contribution is -0.118. The van der Waals surface area contributed by atoms with Gasteiger partial charge in [0.25, 0.3) is 0 Å². The summed E-state index contributed by atoms with van der Waals surface area (Å²) in [6.07, 6.45) is 4.57. The van der Waals surface area contributed by atoms with Crippen LogP contribution in [0.5, 0.6) is 5.75 Å². The number of carbonyl (C=O) groups is 2. The number of methoxy groups -OCH3 is 1. The third-order valence-electron chi connectivity index (χ3n) is 7.83. The molecule has 2 amide bonds. The second-order valence-corrected chi connectivity index (χ2v) is 11.6. The fourth-order valence-electron chi connectivity index (χ4n) is 5.23. The van der Waals surface area contributed by atoms with Crippen molar-refractivity contribution in [3.05, 3.63) is 87.8 Å². The molecular weight excluding hydrogens is 599 g/mol. The van der Waals surface area contributed by atoms with Crippen molar-refractivity contribution < 1.29 is 14.3 Å². The Labute approximate surface area is 269 Å². The summed E-state index contributed by atoms with van der Waals surface area (Å²) < 4.78 is 5.49. The Bertz CT molecular complexity index is 1450. The fourth-order valence-corrected chi connectivity index (χ4v) is 5.92. The molecule has 44 heavy (non-hydrogen) atoms. The molecule has 0 saturated carbocycles. The van der Waals surface area contributed by atoms with Gasteiger partial charge in [0.1, 0.15) is 17.9 Å². The van der Waals surface area contributed by atoms with Crippen LogP contribution in [0.15, 0.2) is 55.4 Å². The van der Waals surface area contributed by atoms with Crippen LogP contribution in [0.4, 0.5) is 11.5 Å². The zero-order valence-corrected chi connectivity index (χ0v) is 27.1. The first-order valence-electron chi connectivity index (χ1n) is 14.8. The summed E-state index contributed by atoms with van der Waals surface area (Å²) >= 11 is 13.4. The van der Waals surface area contributed by atoms with Gasteiger partial charge in [-0.25, -0.2) is 9.97 Å². The molecular formula is C33H40Cl2N6O3. The van der Waals surface area contributed by atoms with Gasteiger partial charge in [-0.05, 0) is 55.8 Å². The molecule has 11 heteroatoms. The average molecular weight is 640 g/mol. The minimum absolute atomic E-state index is 0.00781. The van der Waals surface area contributed by atoms with Gasteiger partial charge in [-0.2, -0.15) is 0 Å². The third-order valence-corrected chi connectivity index (χ3v) is 8.72. The Balaban J connectivity index is 1.61. The summed E-state index contributed by atoms with van der Waals surface area (Å²) in [5.41, 5.74) is 3.66. The summed E-state index contributed by atoms with van der Waals surface area (Å²) in [5, 5.41) is 3.66. The van der Waals surface area contributed by atoms with Gasteiger partial charge in [0, 0.05) is 61.5 Å². The largest absolute Gasteiger partial charge is 0.495 e. The second-order valence-electron chi connectivity index (χ2n) is 10.8. The maximum Gasteiger partial charge on any atom is 0.247 e. The van der Waals surface area contributed by atoms with Crippen LogP contribution in [0.1, 0.15) is 35.7 Å². The number of likely N-dealkylation sites (N-methyl/N-ethyl adjacent to an activating group) is 1. The maximum absolute atomic E-state index is 14.1. The normalized spacial score (nSPS) is 13.8. The van der Waals surface area contributed by atoms with E-state index in [1.807, 2.05) is 43.3 Å². The van der Waals surface area contributed by atoms with E-state index in [-0.39, 0.29) is 18.2 Å². The zero-order valence-electron chi connectivity index (χ0n) is 25.6. The van der Waals surface area contributed by atoms with Crippen LogP contribution >= 0.6 is 23.2 Å². The average Bonchev–Trinajstić information content (AvgIpc) is 3.03. The van der Waals surface area contributed by atoms with Crippen molar-refractivity contribution in [2.45, 2.75) is 32.6 Å². The van der Waals surface area contributed by atoms with E-state index >= 15 is 0 Å². The second kappa shape index (κ2) is 16.0. The monoisotopic (exact) mass is 638 g/mol. The van der Waals surface area contributed by atoms with Crippen molar-refractivity contribution >= 4 is 46.5 Å². The van der Waals surface area contributed by atoms with E-state index in [1.54, 1.807) is 12.0 Å². The number of anilines is 2. The molecule has 0 spiro atoms. The molecule has 1 saturated heterocycles. The highest BCUT2D eigenvalue weighted by Crippen LogP contribution is 2.37. The molecule has 1 N–H and O–H groups in total. The van der Waals surface area contributed by atoms with Gasteiger partial charge in [0.15, 0.2) is 0 Å². The molecule has 234 valence electrons. The molecule has 1 aromatic heterocycles. The van der Waals surface area contributed by atoms with Crippen molar-refractivity contribution in [2.24, 2.45) is 0 Å². The molecule has 0 aliphatic carbocycles. The SMILES string of the molecule is C=CC(=O)Nc1ccccc1Cc1cc(N(CCCN2CCN(C)CC2)C(=O)Cc2c(Cl)c(CC)cc(OC)c2Cl)ncn1. The number of ether oxygens (including phenoxy) is 1. The number of carbonyl (C=O) groups excluding carboxylic acids is 2. The number of hydrogen-bond donors (Lipinski definition) is 1. The van der Waals surface area contributed by atoms with Gasteiger partial charge in [0.05, 0.1) is 24.2 Å². The molecule has 9 nitrogen and oxygen atoms in total. The standard InChI is InChI=1S/C33H40Cl2N6O3/c1-5-23-19-28(44-4)33(35)26(32(23)34)21-31(43)41(13-9-12-40-16-14-39(3)15-17-40)29-20-25(36-22-37-29)18-24-10-7-8-11-27(24)38-30(42)6-2/h6-8,10-11,19-20,22H,2,5,9,12-18,21H2,1,3-4H3,(H,38,42). The van der Waals surface area contributed by atoms with E-state index < -0.39 is 0 Å². The van der Waals surface area contributed by atoms with Crippen LogP contribution in [0.2, 0.25) is 10.0 Å². The molecule has 0 radical (unpaired) electrons. The summed E-state index contributed by atoms with van der Waals surface area (Å²) in [6, 6.07) is 11.2. The van der Waals surface area contributed by atoms with Crippen molar-refractivity contribution in [2.75, 3.05) is 63.6 Å². The molecule has 0 atom stereocenters. The Kier molecular flexibility index (Phi) is 12.1. The zero-order chi connectivity index (χ0) is 31.6. The topological polar surface area (TPSA) is 90.9 Å². The summed E-state index contributed by atoms with van der Waals surface area (Å²) in [5.74, 6) is 0.519. The van der Waals surface area contributed by atoms with E-state index in [1.165, 1.54) is 12.4 Å². The quantitative estimate of drug-likeness (QED) is 0.255. The van der Waals surface area contributed by atoms with E-state index in [0.29, 0.717) is 57.9 Å². The van der Waals surface area contributed by atoms with Gasteiger partial charge in [0.2, 0.25) is 11.8 Å². The first-order valence-corrected chi connectivity index (χ1v) is 15.6. The lowest BCUT2D eigenvalue weighted by Crippen LogP contribution is -2.45. The van der Waals surface area contributed by atoms with E-state index in [2.05, 4.69) is 38.7 Å². The minimum atomic E-state index is -0.293. The molecule has 1 fully saturated rings. The van der Waals surface area contributed by atoms with Crippen molar-refractivity contribution in [3.8, 4) is 5.75 Å². The number of aryl methyl sites for hydroxylation is 1. The van der Waals surface area contributed by atoms with Crippen LogP contribution in [0, 0.1) is 0 Å². The van der Waals surface area contributed by atoms with Crippen molar-refractivity contribution in [1.29, 1.82) is 0 Å². The number of para-hydroxylation sites is 1. The first kappa shape index (κ1) is 33.4. The Morgan fingerprint density at radius 1 is 1.09 bits per heavy atom. The number of nitrogens with zero attached hydrogens (tertiary/aromatic N) is 5. The number of halogens is 2. The van der Waals surface area contributed by atoms with Crippen molar-refractivity contribution in [3.63, 3.8) is 0 Å². The molecule has 2 aromatic carbocycles. The molecule has 1 aliphatic heterocycles. The summed E-state index contributed by atoms with van der Waals surface area (Å²) in [6.45, 7) is 10.9.